The number of nitrogens with zero attached hydrogens (tertiary/aromatic N) is 2. The summed E-state index contributed by atoms with van der Waals surface area (Å²) in [6.07, 6.45) is 0.965. The molecule has 17 heavy (non-hydrogen) atoms. The Morgan fingerprint density at radius 2 is 2.18 bits per heavy atom. The Balaban J connectivity index is 2.64. The number of carbonyl (C=O) groups is 1. The maximum absolute atomic E-state index is 12.1. The van der Waals surface area contributed by atoms with E-state index in [-0.39, 0.29) is 16.5 Å². The second kappa shape index (κ2) is 5.62. The van der Waals surface area contributed by atoms with Gasteiger partial charge in [0.2, 0.25) is 5.91 Å². The number of nitrogens with two attached hydrogens (primary N) is 1. The van der Waals surface area contributed by atoms with Crippen LogP contribution in [0.4, 0.5) is 0 Å². The molecule has 0 aromatic carbocycles. The maximum Gasteiger partial charge on any atom is 0.233 e. The second-order valence-corrected chi connectivity index (χ2v) is 6.73. The first-order chi connectivity index (χ1) is 7.87. The van der Waals surface area contributed by atoms with Gasteiger partial charge in [-0.15, -0.1) is 0 Å². The van der Waals surface area contributed by atoms with Gasteiger partial charge in [-0.25, -0.2) is 0 Å². The van der Waals surface area contributed by atoms with Crippen molar-refractivity contribution in [3.8, 4) is 0 Å². The van der Waals surface area contributed by atoms with Crippen molar-refractivity contribution in [2.45, 2.75) is 31.9 Å². The van der Waals surface area contributed by atoms with Gasteiger partial charge in [-0.1, -0.05) is 19.0 Å². The Morgan fingerprint density at radius 3 is 2.76 bits per heavy atom. The van der Waals surface area contributed by atoms with Crippen LogP contribution in [-0.4, -0.2) is 45.4 Å². The quantitative estimate of drug-likeness (QED) is 0.337. The van der Waals surface area contributed by atoms with Crippen molar-refractivity contribution in [1.29, 1.82) is 0 Å². The molecule has 1 amide bonds. The van der Waals surface area contributed by atoms with Gasteiger partial charge in [-0.2, -0.15) is 11.8 Å². The first kappa shape index (κ1) is 14.2. The van der Waals surface area contributed by atoms with Gasteiger partial charge in [-0.05, 0) is 13.3 Å². The molecule has 0 aliphatic carbocycles. The lowest BCUT2D eigenvalue weighted by atomic mass is 10.1. The average Bonchev–Trinajstić information content (AvgIpc) is 2.47. The van der Waals surface area contributed by atoms with Gasteiger partial charge in [0.25, 0.3) is 0 Å². The summed E-state index contributed by atoms with van der Waals surface area (Å²) in [4.78, 5) is 13.9. The zero-order valence-electron chi connectivity index (χ0n) is 10.6. The highest BCUT2D eigenvalue weighted by molar-refractivity contribution is 8.00. The van der Waals surface area contributed by atoms with Crippen molar-refractivity contribution in [1.82, 2.24) is 4.90 Å². The molecule has 0 saturated carbocycles. The summed E-state index contributed by atoms with van der Waals surface area (Å²) >= 11 is 1.88. The molecule has 1 unspecified atom stereocenters. The van der Waals surface area contributed by atoms with Crippen LogP contribution in [0.1, 0.15) is 27.2 Å². The van der Waals surface area contributed by atoms with E-state index in [2.05, 4.69) is 19.0 Å². The van der Waals surface area contributed by atoms with Crippen LogP contribution in [-0.2, 0) is 4.79 Å². The monoisotopic (exact) mass is 259 g/mol. The summed E-state index contributed by atoms with van der Waals surface area (Å²) in [6, 6.07) is 0. The third-order valence-corrected chi connectivity index (χ3v) is 4.45. The molecule has 0 bridgehead atoms. The van der Waals surface area contributed by atoms with Crippen molar-refractivity contribution in [3.63, 3.8) is 0 Å². The zero-order valence-corrected chi connectivity index (χ0v) is 11.5. The first-order valence-corrected chi connectivity index (χ1v) is 6.76. The van der Waals surface area contributed by atoms with E-state index in [4.69, 9.17) is 10.9 Å². The molecule has 0 aromatic heterocycles. The van der Waals surface area contributed by atoms with E-state index in [1.807, 2.05) is 16.7 Å². The number of oxime groups is 1. The van der Waals surface area contributed by atoms with Crippen molar-refractivity contribution >= 4 is 23.5 Å². The van der Waals surface area contributed by atoms with E-state index >= 15 is 0 Å². The SMILES string of the molecule is CC(C(=O)N1CCSC(C)(C)CC1)C(N)=NO. The van der Waals surface area contributed by atoms with Crippen molar-refractivity contribution < 1.29 is 10.0 Å². The molecule has 1 heterocycles. The summed E-state index contributed by atoms with van der Waals surface area (Å²) in [5, 5.41) is 11.5. The standard InChI is InChI=1S/C11H21N3O2S/c1-8(9(12)13-16)10(15)14-5-4-11(2,3)17-7-6-14/h8,16H,4-7H2,1-3H3,(H2,12,13). The van der Waals surface area contributed by atoms with E-state index in [1.54, 1.807) is 6.92 Å². The van der Waals surface area contributed by atoms with E-state index in [0.717, 1.165) is 25.3 Å². The normalized spacial score (nSPS) is 23.0. The lowest BCUT2D eigenvalue weighted by Gasteiger charge is -2.24. The van der Waals surface area contributed by atoms with Crippen LogP contribution in [0.15, 0.2) is 5.16 Å². The molecule has 5 nitrogen and oxygen atoms in total. The predicted octanol–water partition coefficient (Wildman–Crippen LogP) is 1.11. The summed E-state index contributed by atoms with van der Waals surface area (Å²) in [5.74, 6) is 0.303. The molecule has 98 valence electrons. The molecule has 1 saturated heterocycles. The smallest absolute Gasteiger partial charge is 0.233 e. The van der Waals surface area contributed by atoms with Crippen molar-refractivity contribution in [3.05, 3.63) is 0 Å². The van der Waals surface area contributed by atoms with Gasteiger partial charge < -0.3 is 15.8 Å². The van der Waals surface area contributed by atoms with Crippen LogP contribution in [0.3, 0.4) is 0 Å². The topological polar surface area (TPSA) is 78.9 Å². The number of carbonyl (C=O) groups excluding carboxylic acids is 1. The fraction of sp³-hybridized carbons (Fsp3) is 0.818. The molecule has 0 aromatic rings. The third kappa shape index (κ3) is 3.80. The minimum atomic E-state index is -0.550. The Kier molecular flexibility index (Phi) is 4.68. The molecule has 1 rings (SSSR count). The molecule has 1 atom stereocenters. The van der Waals surface area contributed by atoms with E-state index in [1.165, 1.54) is 0 Å². The van der Waals surface area contributed by atoms with Gasteiger partial charge >= 0.3 is 0 Å². The van der Waals surface area contributed by atoms with Gasteiger partial charge in [0.1, 0.15) is 0 Å². The third-order valence-electron chi connectivity index (χ3n) is 3.08. The highest BCUT2D eigenvalue weighted by Crippen LogP contribution is 2.30. The van der Waals surface area contributed by atoms with Crippen LogP contribution in [0, 0.1) is 5.92 Å². The Bertz CT molecular complexity index is 318. The van der Waals surface area contributed by atoms with Gasteiger partial charge in [0.15, 0.2) is 5.84 Å². The fourth-order valence-corrected chi connectivity index (χ4v) is 2.83. The number of rotatable bonds is 2. The number of hydrogen-bond acceptors (Lipinski definition) is 4. The Labute approximate surface area is 106 Å². The highest BCUT2D eigenvalue weighted by Gasteiger charge is 2.29. The lowest BCUT2D eigenvalue weighted by molar-refractivity contribution is -0.132. The minimum Gasteiger partial charge on any atom is -0.409 e. The van der Waals surface area contributed by atoms with Crippen molar-refractivity contribution in [2.75, 3.05) is 18.8 Å². The summed E-state index contributed by atoms with van der Waals surface area (Å²) in [6.45, 7) is 7.52. The van der Waals surface area contributed by atoms with Crippen LogP contribution < -0.4 is 5.73 Å². The lowest BCUT2D eigenvalue weighted by Crippen LogP contribution is -2.42. The van der Waals surface area contributed by atoms with Crippen LogP contribution in [0.2, 0.25) is 0 Å². The van der Waals surface area contributed by atoms with E-state index in [0.29, 0.717) is 0 Å². The average molecular weight is 259 g/mol. The molecule has 1 aliphatic heterocycles. The molecular formula is C11H21N3O2S. The first-order valence-electron chi connectivity index (χ1n) is 5.77. The Morgan fingerprint density at radius 1 is 1.53 bits per heavy atom. The Hall–Kier alpha value is -0.910. The predicted molar refractivity (Wildman–Crippen MR) is 70.3 cm³/mol. The summed E-state index contributed by atoms with van der Waals surface area (Å²) in [7, 11) is 0. The molecular weight excluding hydrogens is 238 g/mol. The van der Waals surface area contributed by atoms with E-state index in [9.17, 15) is 4.79 Å². The zero-order chi connectivity index (χ0) is 13.1. The van der Waals surface area contributed by atoms with Gasteiger partial charge in [0.05, 0.1) is 5.92 Å². The molecule has 3 N–H and O–H groups in total. The molecule has 0 radical (unpaired) electrons. The van der Waals surface area contributed by atoms with E-state index < -0.39 is 5.92 Å². The van der Waals surface area contributed by atoms with Gasteiger partial charge in [0, 0.05) is 23.6 Å². The van der Waals surface area contributed by atoms with Crippen LogP contribution in [0.25, 0.3) is 0 Å². The molecule has 1 aliphatic rings. The second-order valence-electron chi connectivity index (χ2n) is 4.93. The minimum absolute atomic E-state index is 0.0221. The fourth-order valence-electron chi connectivity index (χ4n) is 1.73. The van der Waals surface area contributed by atoms with Crippen molar-refractivity contribution in [2.24, 2.45) is 16.8 Å². The number of amides is 1. The molecule has 0 spiro atoms. The van der Waals surface area contributed by atoms with Crippen LogP contribution >= 0.6 is 11.8 Å². The molecule has 6 heteroatoms. The number of thioether (sulfide) groups is 1. The molecule has 1 fully saturated rings. The summed E-state index contributed by atoms with van der Waals surface area (Å²) < 4.78 is 0.217. The van der Waals surface area contributed by atoms with Gasteiger partial charge in [-0.3, -0.25) is 4.79 Å². The maximum atomic E-state index is 12.1. The number of hydrogen-bond donors (Lipinski definition) is 2. The largest absolute Gasteiger partial charge is 0.409 e. The highest BCUT2D eigenvalue weighted by atomic mass is 32.2. The van der Waals surface area contributed by atoms with Crippen LogP contribution in [0.5, 0.6) is 0 Å². The summed E-state index contributed by atoms with van der Waals surface area (Å²) in [5.41, 5.74) is 5.46. The number of amidine groups is 1.